The van der Waals surface area contributed by atoms with Crippen LogP contribution in [-0.2, 0) is 12.7 Å². The smallest absolute Gasteiger partial charge is 0.313 e. The van der Waals surface area contributed by atoms with Crippen LogP contribution in [0.2, 0.25) is 0 Å². The van der Waals surface area contributed by atoms with Gasteiger partial charge in [-0.05, 0) is 30.7 Å². The normalized spacial score (nSPS) is 11.8. The van der Waals surface area contributed by atoms with E-state index in [4.69, 9.17) is 0 Å². The maximum Gasteiger partial charge on any atom is 0.418 e. The highest BCUT2D eigenvalue weighted by Gasteiger charge is 2.34. The van der Waals surface area contributed by atoms with Gasteiger partial charge in [0.2, 0.25) is 0 Å². The van der Waals surface area contributed by atoms with Crippen LogP contribution in [-0.4, -0.2) is 21.3 Å². The van der Waals surface area contributed by atoms with Gasteiger partial charge in [-0.15, -0.1) is 0 Å². The van der Waals surface area contributed by atoms with E-state index in [9.17, 15) is 13.2 Å². The molecule has 0 saturated carbocycles. The van der Waals surface area contributed by atoms with E-state index in [1.165, 1.54) is 18.7 Å². The molecule has 0 fully saturated rings. The van der Waals surface area contributed by atoms with Gasteiger partial charge in [0, 0.05) is 6.54 Å². The first-order chi connectivity index (χ1) is 9.52. The molecular weight excluding hydrogens is 269 g/mol. The Morgan fingerprint density at radius 2 is 2.10 bits per heavy atom. The first-order valence-electron chi connectivity index (χ1n) is 6.28. The fourth-order valence-electron chi connectivity index (χ4n) is 1.86. The molecule has 0 aliphatic rings. The van der Waals surface area contributed by atoms with Gasteiger partial charge in [-0.1, -0.05) is 13.0 Å². The SMILES string of the molecule is CCCNCc1ccc(-n2cncn2)c(C(F)(F)F)c1. The quantitative estimate of drug-likeness (QED) is 0.859. The highest BCUT2D eigenvalue weighted by atomic mass is 19.4. The lowest BCUT2D eigenvalue weighted by Crippen LogP contribution is -2.16. The standard InChI is InChI=1S/C13H15F3N4/c1-2-5-17-7-10-3-4-12(20-9-18-8-19-20)11(6-10)13(14,15)16/h3-4,6,8-9,17H,2,5,7H2,1H3. The number of hydrogen-bond donors (Lipinski definition) is 1. The molecular formula is C13H15F3N4. The van der Waals surface area contributed by atoms with Crippen LogP contribution in [0.25, 0.3) is 5.69 Å². The number of aromatic nitrogens is 3. The average molecular weight is 284 g/mol. The zero-order chi connectivity index (χ0) is 14.6. The summed E-state index contributed by atoms with van der Waals surface area (Å²) in [5, 5.41) is 6.84. The van der Waals surface area contributed by atoms with E-state index in [0.717, 1.165) is 23.7 Å². The monoisotopic (exact) mass is 284 g/mol. The van der Waals surface area contributed by atoms with Crippen LogP contribution in [0.4, 0.5) is 13.2 Å². The molecule has 1 aromatic heterocycles. The van der Waals surface area contributed by atoms with Crippen molar-refractivity contribution in [3.8, 4) is 5.69 Å². The molecule has 2 rings (SSSR count). The average Bonchev–Trinajstić information content (AvgIpc) is 2.92. The molecule has 0 saturated heterocycles. The summed E-state index contributed by atoms with van der Waals surface area (Å²) in [6, 6.07) is 4.23. The largest absolute Gasteiger partial charge is 0.418 e. The summed E-state index contributed by atoms with van der Waals surface area (Å²) in [7, 11) is 0. The second kappa shape index (κ2) is 6.04. The van der Waals surface area contributed by atoms with Crippen LogP contribution < -0.4 is 5.32 Å². The van der Waals surface area contributed by atoms with Crippen LogP contribution in [0.15, 0.2) is 30.9 Å². The molecule has 1 aromatic carbocycles. The maximum atomic E-state index is 13.1. The molecule has 20 heavy (non-hydrogen) atoms. The second-order valence-electron chi connectivity index (χ2n) is 4.37. The lowest BCUT2D eigenvalue weighted by molar-refractivity contribution is -0.137. The molecule has 0 unspecified atom stereocenters. The number of benzene rings is 1. The maximum absolute atomic E-state index is 13.1. The molecule has 0 bridgehead atoms. The summed E-state index contributed by atoms with van der Waals surface area (Å²) in [6.07, 6.45) is -1.04. The van der Waals surface area contributed by atoms with E-state index in [1.807, 2.05) is 6.92 Å². The van der Waals surface area contributed by atoms with Crippen molar-refractivity contribution < 1.29 is 13.2 Å². The fraction of sp³-hybridized carbons (Fsp3) is 0.385. The molecule has 0 aliphatic heterocycles. The lowest BCUT2D eigenvalue weighted by atomic mass is 10.1. The molecule has 1 heterocycles. The number of alkyl halides is 3. The summed E-state index contributed by atoms with van der Waals surface area (Å²) in [4.78, 5) is 3.68. The Labute approximate surface area is 114 Å². The molecule has 0 amide bonds. The topological polar surface area (TPSA) is 42.7 Å². The molecule has 0 aliphatic carbocycles. The van der Waals surface area contributed by atoms with Gasteiger partial charge in [0.15, 0.2) is 0 Å². The van der Waals surface area contributed by atoms with Gasteiger partial charge in [-0.25, -0.2) is 9.67 Å². The highest BCUT2D eigenvalue weighted by molar-refractivity contribution is 5.44. The van der Waals surface area contributed by atoms with Crippen molar-refractivity contribution in [1.82, 2.24) is 20.1 Å². The van der Waals surface area contributed by atoms with Crippen molar-refractivity contribution in [2.75, 3.05) is 6.54 Å². The Morgan fingerprint density at radius 3 is 2.70 bits per heavy atom. The fourth-order valence-corrected chi connectivity index (χ4v) is 1.86. The third-order valence-electron chi connectivity index (χ3n) is 2.79. The Bertz CT molecular complexity index is 549. The van der Waals surface area contributed by atoms with Gasteiger partial charge >= 0.3 is 6.18 Å². The van der Waals surface area contributed by atoms with E-state index in [-0.39, 0.29) is 5.69 Å². The van der Waals surface area contributed by atoms with E-state index in [1.54, 1.807) is 6.07 Å². The van der Waals surface area contributed by atoms with Gasteiger partial charge in [-0.2, -0.15) is 18.3 Å². The third kappa shape index (κ3) is 3.36. The summed E-state index contributed by atoms with van der Waals surface area (Å²) >= 11 is 0. The van der Waals surface area contributed by atoms with Crippen LogP contribution in [0.1, 0.15) is 24.5 Å². The van der Waals surface area contributed by atoms with Crippen molar-refractivity contribution in [3.05, 3.63) is 42.0 Å². The Balaban J connectivity index is 2.34. The third-order valence-corrected chi connectivity index (χ3v) is 2.79. The van der Waals surface area contributed by atoms with E-state index in [2.05, 4.69) is 15.4 Å². The molecule has 108 valence electrons. The van der Waals surface area contributed by atoms with E-state index >= 15 is 0 Å². The highest BCUT2D eigenvalue weighted by Crippen LogP contribution is 2.34. The summed E-state index contributed by atoms with van der Waals surface area (Å²) in [6.45, 7) is 3.18. The second-order valence-corrected chi connectivity index (χ2v) is 4.37. The molecule has 1 N–H and O–H groups in total. The number of nitrogens with one attached hydrogen (secondary N) is 1. The predicted octanol–water partition coefficient (Wildman–Crippen LogP) is 2.79. The van der Waals surface area contributed by atoms with E-state index < -0.39 is 11.7 Å². The number of nitrogens with zero attached hydrogens (tertiary/aromatic N) is 3. The van der Waals surface area contributed by atoms with Crippen LogP contribution >= 0.6 is 0 Å². The first kappa shape index (κ1) is 14.5. The van der Waals surface area contributed by atoms with Crippen molar-refractivity contribution in [3.63, 3.8) is 0 Å². The van der Waals surface area contributed by atoms with Crippen LogP contribution in [0.3, 0.4) is 0 Å². The number of halogens is 3. The molecule has 2 aromatic rings. The minimum atomic E-state index is -4.43. The summed E-state index contributed by atoms with van der Waals surface area (Å²) in [5.74, 6) is 0. The van der Waals surface area contributed by atoms with Gasteiger partial charge in [0.1, 0.15) is 12.7 Å². The van der Waals surface area contributed by atoms with Crippen molar-refractivity contribution in [2.24, 2.45) is 0 Å². The van der Waals surface area contributed by atoms with Gasteiger partial charge < -0.3 is 5.32 Å². The van der Waals surface area contributed by atoms with Crippen LogP contribution in [0.5, 0.6) is 0 Å². The molecule has 4 nitrogen and oxygen atoms in total. The van der Waals surface area contributed by atoms with Gasteiger partial charge in [-0.3, -0.25) is 0 Å². The van der Waals surface area contributed by atoms with Gasteiger partial charge in [0.05, 0.1) is 11.3 Å². The molecule has 0 radical (unpaired) electrons. The number of rotatable bonds is 5. The summed E-state index contributed by atoms with van der Waals surface area (Å²) in [5.41, 5.74) is -0.136. The zero-order valence-corrected chi connectivity index (χ0v) is 11.0. The van der Waals surface area contributed by atoms with Crippen molar-refractivity contribution in [1.29, 1.82) is 0 Å². The number of hydrogen-bond acceptors (Lipinski definition) is 3. The van der Waals surface area contributed by atoms with Crippen molar-refractivity contribution >= 4 is 0 Å². The Morgan fingerprint density at radius 1 is 1.30 bits per heavy atom. The molecule has 0 spiro atoms. The predicted molar refractivity (Wildman–Crippen MR) is 68.4 cm³/mol. The Kier molecular flexibility index (Phi) is 4.39. The van der Waals surface area contributed by atoms with Gasteiger partial charge in [0.25, 0.3) is 0 Å². The summed E-state index contributed by atoms with van der Waals surface area (Å²) < 4.78 is 40.5. The van der Waals surface area contributed by atoms with Crippen molar-refractivity contribution in [2.45, 2.75) is 26.1 Å². The van der Waals surface area contributed by atoms with E-state index in [0.29, 0.717) is 12.1 Å². The molecule has 7 heteroatoms. The van der Waals surface area contributed by atoms with Crippen LogP contribution in [0, 0.1) is 0 Å². The minimum Gasteiger partial charge on any atom is -0.313 e. The molecule has 0 atom stereocenters. The minimum absolute atomic E-state index is 0.0192. The first-order valence-corrected chi connectivity index (χ1v) is 6.28. The zero-order valence-electron chi connectivity index (χ0n) is 11.0. The Hall–Kier alpha value is -1.89. The lowest BCUT2D eigenvalue weighted by Gasteiger charge is -2.14.